The van der Waals surface area contributed by atoms with Crippen LogP contribution < -0.4 is 10.1 Å². The van der Waals surface area contributed by atoms with Crippen molar-refractivity contribution in [2.24, 2.45) is 0 Å². The Labute approximate surface area is 123 Å². The Bertz CT molecular complexity index is 419. The average molecular weight is 276 g/mol. The fourth-order valence-electron chi connectivity index (χ4n) is 2.79. The molecule has 0 aromatic heterocycles. The summed E-state index contributed by atoms with van der Waals surface area (Å²) in [4.78, 5) is 2.51. The number of hydrogen-bond acceptors (Lipinski definition) is 3. The molecule has 1 aromatic carbocycles. The number of anilines is 1. The number of rotatable bonds is 7. The monoisotopic (exact) mass is 276 g/mol. The third kappa shape index (κ3) is 3.89. The van der Waals surface area contributed by atoms with E-state index in [1.54, 1.807) is 0 Å². The molecule has 1 unspecified atom stereocenters. The minimum absolute atomic E-state index is 0.629. The van der Waals surface area contributed by atoms with Crippen LogP contribution in [0.3, 0.4) is 0 Å². The second kappa shape index (κ2) is 7.53. The molecule has 1 aliphatic heterocycles. The van der Waals surface area contributed by atoms with Crippen LogP contribution in [0.2, 0.25) is 0 Å². The molecule has 0 fully saturated rings. The minimum atomic E-state index is 0.629. The molecule has 0 aliphatic carbocycles. The van der Waals surface area contributed by atoms with E-state index in [-0.39, 0.29) is 0 Å². The van der Waals surface area contributed by atoms with Gasteiger partial charge in [0, 0.05) is 12.6 Å². The molecule has 1 atom stereocenters. The zero-order valence-corrected chi connectivity index (χ0v) is 13.1. The van der Waals surface area contributed by atoms with E-state index >= 15 is 0 Å². The molecule has 112 valence electrons. The van der Waals surface area contributed by atoms with Gasteiger partial charge in [-0.25, -0.2) is 0 Å². The maximum atomic E-state index is 5.64. The summed E-state index contributed by atoms with van der Waals surface area (Å²) in [6.45, 7) is 7.41. The van der Waals surface area contributed by atoms with Gasteiger partial charge in [-0.1, -0.05) is 26.3 Å². The first-order valence-corrected chi connectivity index (χ1v) is 7.94. The van der Waals surface area contributed by atoms with Crippen molar-refractivity contribution in [1.29, 1.82) is 0 Å². The van der Waals surface area contributed by atoms with E-state index in [1.807, 2.05) is 0 Å². The Morgan fingerprint density at radius 3 is 2.95 bits per heavy atom. The second-order valence-corrected chi connectivity index (χ2v) is 5.71. The molecule has 0 amide bonds. The van der Waals surface area contributed by atoms with Crippen LogP contribution in [-0.4, -0.2) is 37.7 Å². The van der Waals surface area contributed by atoms with E-state index in [0.717, 1.165) is 31.0 Å². The number of nitrogens with zero attached hydrogens (tertiary/aromatic N) is 1. The first-order valence-electron chi connectivity index (χ1n) is 7.94. The molecule has 0 bridgehead atoms. The van der Waals surface area contributed by atoms with E-state index in [0.29, 0.717) is 6.04 Å². The molecule has 2 rings (SSSR count). The number of likely N-dealkylation sites (N-methyl/N-ethyl adjacent to an activating group) is 1. The van der Waals surface area contributed by atoms with Gasteiger partial charge >= 0.3 is 0 Å². The van der Waals surface area contributed by atoms with Crippen LogP contribution in [-0.2, 0) is 6.42 Å². The Kier molecular flexibility index (Phi) is 5.72. The van der Waals surface area contributed by atoms with Gasteiger partial charge in [-0.15, -0.1) is 0 Å². The average Bonchev–Trinajstić information content (AvgIpc) is 2.50. The maximum Gasteiger partial charge on any atom is 0.142 e. The summed E-state index contributed by atoms with van der Waals surface area (Å²) in [5.74, 6) is 0.993. The Hall–Kier alpha value is -1.22. The first-order chi connectivity index (χ1) is 9.74. The normalized spacial score (nSPS) is 15.4. The zero-order chi connectivity index (χ0) is 14.4. The predicted octanol–water partition coefficient (Wildman–Crippen LogP) is 3.54. The third-order valence-corrected chi connectivity index (χ3v) is 4.15. The molecule has 1 aliphatic rings. The van der Waals surface area contributed by atoms with Crippen LogP contribution >= 0.6 is 0 Å². The van der Waals surface area contributed by atoms with Crippen LogP contribution in [0.5, 0.6) is 5.75 Å². The summed E-state index contributed by atoms with van der Waals surface area (Å²) < 4.78 is 5.64. The summed E-state index contributed by atoms with van der Waals surface area (Å²) in [5.41, 5.74) is 2.55. The number of hydrogen-bond donors (Lipinski definition) is 1. The largest absolute Gasteiger partial charge is 0.490 e. The quantitative estimate of drug-likeness (QED) is 0.824. The summed E-state index contributed by atoms with van der Waals surface area (Å²) in [5, 5.41) is 3.42. The van der Waals surface area contributed by atoms with Crippen molar-refractivity contribution in [2.75, 3.05) is 32.1 Å². The highest BCUT2D eigenvalue weighted by molar-refractivity contribution is 5.59. The molecular formula is C17H28N2O. The summed E-state index contributed by atoms with van der Waals surface area (Å²) in [6.07, 6.45) is 4.86. The van der Waals surface area contributed by atoms with Crippen molar-refractivity contribution < 1.29 is 4.74 Å². The minimum Gasteiger partial charge on any atom is -0.490 e. The highest BCUT2D eigenvalue weighted by Gasteiger charge is 2.15. The molecular weight excluding hydrogens is 248 g/mol. The number of fused-ring (bicyclic) bond motifs is 1. The van der Waals surface area contributed by atoms with E-state index in [9.17, 15) is 0 Å². The fraction of sp³-hybridized carbons (Fsp3) is 0.647. The van der Waals surface area contributed by atoms with Gasteiger partial charge in [0.2, 0.25) is 0 Å². The van der Waals surface area contributed by atoms with Crippen molar-refractivity contribution >= 4 is 5.69 Å². The highest BCUT2D eigenvalue weighted by atomic mass is 16.5. The van der Waals surface area contributed by atoms with Gasteiger partial charge < -0.3 is 15.0 Å². The maximum absolute atomic E-state index is 5.64. The van der Waals surface area contributed by atoms with Gasteiger partial charge in [-0.2, -0.15) is 0 Å². The summed E-state index contributed by atoms with van der Waals surface area (Å²) in [7, 11) is 2.25. The Balaban J connectivity index is 2.00. The van der Waals surface area contributed by atoms with Gasteiger partial charge in [0.05, 0.1) is 5.69 Å². The topological polar surface area (TPSA) is 24.5 Å². The van der Waals surface area contributed by atoms with Gasteiger partial charge in [-0.3, -0.25) is 0 Å². The van der Waals surface area contributed by atoms with Crippen LogP contribution in [0.4, 0.5) is 5.69 Å². The molecule has 0 saturated carbocycles. The van der Waals surface area contributed by atoms with Gasteiger partial charge in [0.25, 0.3) is 0 Å². The van der Waals surface area contributed by atoms with Gasteiger partial charge in [0.1, 0.15) is 12.4 Å². The fourth-order valence-corrected chi connectivity index (χ4v) is 2.79. The summed E-state index contributed by atoms with van der Waals surface area (Å²) >= 11 is 0. The number of nitrogens with one attached hydrogen (secondary N) is 1. The van der Waals surface area contributed by atoms with Crippen molar-refractivity contribution in [3.05, 3.63) is 23.8 Å². The van der Waals surface area contributed by atoms with Crippen LogP contribution in [0.15, 0.2) is 18.2 Å². The smallest absolute Gasteiger partial charge is 0.142 e. The predicted molar refractivity (Wildman–Crippen MR) is 85.7 cm³/mol. The summed E-state index contributed by atoms with van der Waals surface area (Å²) in [6, 6.07) is 7.20. The SMILES string of the molecule is CCCCN(C)C(CC)Cc1ccc2c(c1)NCCO2. The van der Waals surface area contributed by atoms with Crippen LogP contribution in [0.1, 0.15) is 38.7 Å². The van der Waals surface area contributed by atoms with E-state index in [2.05, 4.69) is 49.3 Å². The highest BCUT2D eigenvalue weighted by Crippen LogP contribution is 2.28. The van der Waals surface area contributed by atoms with Crippen molar-refractivity contribution in [1.82, 2.24) is 4.90 Å². The lowest BCUT2D eigenvalue weighted by Gasteiger charge is -2.28. The van der Waals surface area contributed by atoms with Crippen molar-refractivity contribution in [3.8, 4) is 5.75 Å². The molecule has 0 radical (unpaired) electrons. The molecule has 0 spiro atoms. The third-order valence-electron chi connectivity index (χ3n) is 4.15. The number of benzene rings is 1. The van der Waals surface area contributed by atoms with E-state index < -0.39 is 0 Å². The van der Waals surface area contributed by atoms with Crippen LogP contribution in [0.25, 0.3) is 0 Å². The molecule has 3 nitrogen and oxygen atoms in total. The Morgan fingerprint density at radius 2 is 2.20 bits per heavy atom. The van der Waals surface area contributed by atoms with Crippen molar-refractivity contribution in [2.45, 2.75) is 45.6 Å². The molecule has 3 heteroatoms. The second-order valence-electron chi connectivity index (χ2n) is 5.71. The van der Waals surface area contributed by atoms with E-state index in [4.69, 9.17) is 4.74 Å². The molecule has 1 N–H and O–H groups in total. The van der Waals surface area contributed by atoms with Crippen molar-refractivity contribution in [3.63, 3.8) is 0 Å². The molecule has 1 aromatic rings. The van der Waals surface area contributed by atoms with E-state index in [1.165, 1.54) is 31.4 Å². The lowest BCUT2D eigenvalue weighted by Crippen LogP contribution is -2.33. The zero-order valence-electron chi connectivity index (χ0n) is 13.1. The lowest BCUT2D eigenvalue weighted by atomic mass is 10.0. The molecule has 20 heavy (non-hydrogen) atoms. The number of ether oxygens (including phenoxy) is 1. The van der Waals surface area contributed by atoms with Crippen LogP contribution in [0, 0.1) is 0 Å². The molecule has 1 heterocycles. The first kappa shape index (κ1) is 15.2. The standard InChI is InChI=1S/C17H28N2O/c1-4-6-10-19(3)15(5-2)12-14-7-8-17-16(13-14)18-9-11-20-17/h7-8,13,15,18H,4-6,9-12H2,1-3H3. The molecule has 0 saturated heterocycles. The Morgan fingerprint density at radius 1 is 1.35 bits per heavy atom. The number of unbranched alkanes of at least 4 members (excludes halogenated alkanes) is 1. The van der Waals surface area contributed by atoms with Gasteiger partial charge in [0.15, 0.2) is 0 Å². The van der Waals surface area contributed by atoms with Gasteiger partial charge in [-0.05, 0) is 50.6 Å². The lowest BCUT2D eigenvalue weighted by molar-refractivity contribution is 0.231.